The van der Waals surface area contributed by atoms with Crippen LogP contribution in [-0.2, 0) is 30.4 Å². The molecule has 1 aliphatic rings. The molecule has 1 aromatic rings. The number of carbonyl (C=O) groups is 2. The van der Waals surface area contributed by atoms with Gasteiger partial charge in [-0.25, -0.2) is 0 Å². The predicted octanol–water partition coefficient (Wildman–Crippen LogP) is -0.282. The van der Waals surface area contributed by atoms with Crippen LogP contribution in [0.15, 0.2) is 30.3 Å². The highest BCUT2D eigenvalue weighted by Gasteiger charge is 2.48. The lowest BCUT2D eigenvalue weighted by Gasteiger charge is -2.43. The molecule has 8 heteroatoms. The monoisotopic (exact) mass is 353 g/mol. The van der Waals surface area contributed by atoms with E-state index in [2.05, 4.69) is 5.32 Å². The molecule has 1 amide bonds. The summed E-state index contributed by atoms with van der Waals surface area (Å²) in [5.41, 5.74) is 0.878. The number of aliphatic hydroxyl groups is 2. The number of aliphatic hydroxyl groups excluding tert-OH is 2. The number of hydrogen-bond acceptors (Lipinski definition) is 7. The normalized spacial score (nSPS) is 29.0. The van der Waals surface area contributed by atoms with E-state index in [9.17, 15) is 19.8 Å². The van der Waals surface area contributed by atoms with Gasteiger partial charge in [-0.1, -0.05) is 30.3 Å². The van der Waals surface area contributed by atoms with Gasteiger partial charge >= 0.3 is 5.97 Å². The molecular weight excluding hydrogens is 330 g/mol. The summed E-state index contributed by atoms with van der Waals surface area (Å²) in [6.45, 7) is 2.18. The molecule has 1 aliphatic heterocycles. The van der Waals surface area contributed by atoms with Crippen molar-refractivity contribution >= 4 is 11.9 Å². The van der Waals surface area contributed by atoms with Crippen molar-refractivity contribution < 1.29 is 34.0 Å². The first kappa shape index (κ1) is 19.3. The Labute approximate surface area is 145 Å². The summed E-state index contributed by atoms with van der Waals surface area (Å²) in [7, 11) is 0. The third-order valence-electron chi connectivity index (χ3n) is 3.78. The topological polar surface area (TPSA) is 114 Å². The molecule has 3 N–H and O–H groups in total. The third kappa shape index (κ3) is 5.23. The van der Waals surface area contributed by atoms with E-state index in [0.717, 1.165) is 5.56 Å². The molecule has 0 aliphatic carbocycles. The maximum Gasteiger partial charge on any atom is 0.303 e. The lowest BCUT2D eigenvalue weighted by Crippen LogP contribution is -2.65. The van der Waals surface area contributed by atoms with E-state index >= 15 is 0 Å². The minimum atomic E-state index is -1.30. The van der Waals surface area contributed by atoms with E-state index in [4.69, 9.17) is 14.2 Å². The fourth-order valence-corrected chi connectivity index (χ4v) is 2.68. The number of ether oxygens (including phenoxy) is 3. The van der Waals surface area contributed by atoms with Crippen LogP contribution in [0.25, 0.3) is 0 Å². The van der Waals surface area contributed by atoms with Crippen LogP contribution in [0.3, 0.4) is 0 Å². The molecule has 1 heterocycles. The SMILES string of the molecule is CC(=O)N[C@H]1[C@@H](OCc2ccccc2)O[C@@H](CO)[C@@H](O)[C@H]1OC(C)=O. The summed E-state index contributed by atoms with van der Waals surface area (Å²) in [4.78, 5) is 22.9. The highest BCUT2D eigenvalue weighted by molar-refractivity contribution is 5.73. The zero-order chi connectivity index (χ0) is 18.4. The van der Waals surface area contributed by atoms with E-state index in [1.165, 1.54) is 13.8 Å². The van der Waals surface area contributed by atoms with Gasteiger partial charge in [0.15, 0.2) is 12.4 Å². The second-order valence-electron chi connectivity index (χ2n) is 5.81. The predicted molar refractivity (Wildman–Crippen MR) is 86.1 cm³/mol. The smallest absolute Gasteiger partial charge is 0.303 e. The fourth-order valence-electron chi connectivity index (χ4n) is 2.68. The van der Waals surface area contributed by atoms with Crippen LogP contribution in [0.2, 0.25) is 0 Å². The number of esters is 1. The lowest BCUT2D eigenvalue weighted by molar-refractivity contribution is -0.276. The molecule has 8 nitrogen and oxygen atoms in total. The Bertz CT molecular complexity index is 580. The molecule has 0 unspecified atom stereocenters. The molecule has 1 fully saturated rings. The molecule has 2 rings (SSSR count). The van der Waals surface area contributed by atoms with Gasteiger partial charge in [0, 0.05) is 13.8 Å². The highest BCUT2D eigenvalue weighted by Crippen LogP contribution is 2.25. The van der Waals surface area contributed by atoms with E-state index in [1.54, 1.807) is 0 Å². The first-order valence-corrected chi connectivity index (χ1v) is 7.96. The van der Waals surface area contributed by atoms with Crippen molar-refractivity contribution in [1.29, 1.82) is 0 Å². The summed E-state index contributed by atoms with van der Waals surface area (Å²) < 4.78 is 16.4. The second kappa shape index (κ2) is 8.91. The number of nitrogens with one attached hydrogen (secondary N) is 1. The van der Waals surface area contributed by atoms with Crippen LogP contribution in [0.1, 0.15) is 19.4 Å². The average molecular weight is 353 g/mol. The molecule has 0 aromatic heterocycles. The Morgan fingerprint density at radius 2 is 1.92 bits per heavy atom. The van der Waals surface area contributed by atoms with Crippen LogP contribution >= 0.6 is 0 Å². The lowest BCUT2D eigenvalue weighted by atomic mass is 9.96. The minimum absolute atomic E-state index is 0.183. The molecule has 5 atom stereocenters. The van der Waals surface area contributed by atoms with Crippen molar-refractivity contribution in [3.8, 4) is 0 Å². The Morgan fingerprint density at radius 3 is 2.48 bits per heavy atom. The van der Waals surface area contributed by atoms with Crippen molar-refractivity contribution in [2.75, 3.05) is 6.61 Å². The van der Waals surface area contributed by atoms with Gasteiger partial charge in [-0.2, -0.15) is 0 Å². The van der Waals surface area contributed by atoms with E-state index in [1.807, 2.05) is 30.3 Å². The van der Waals surface area contributed by atoms with Crippen LogP contribution in [0, 0.1) is 0 Å². The van der Waals surface area contributed by atoms with Crippen LogP contribution < -0.4 is 5.32 Å². The van der Waals surface area contributed by atoms with Gasteiger partial charge in [-0.3, -0.25) is 9.59 Å². The van der Waals surface area contributed by atoms with E-state index in [-0.39, 0.29) is 6.61 Å². The standard InChI is InChI=1S/C17H23NO7/c1-10(20)18-14-16(24-11(2)21)15(22)13(8-19)25-17(14)23-9-12-6-4-3-5-7-12/h3-7,13-17,19,22H,8-9H2,1-2H3,(H,18,20)/t13-,14+,15+,16-,17-/m0/s1. The van der Waals surface area contributed by atoms with Gasteiger partial charge in [-0.05, 0) is 5.56 Å². The van der Waals surface area contributed by atoms with Crippen LogP contribution in [0.4, 0.5) is 0 Å². The molecule has 0 bridgehead atoms. The summed E-state index contributed by atoms with van der Waals surface area (Å²) in [6.07, 6.45) is -4.42. The number of benzene rings is 1. The van der Waals surface area contributed by atoms with Gasteiger partial charge in [0.25, 0.3) is 0 Å². The molecule has 0 spiro atoms. The fraction of sp³-hybridized carbons (Fsp3) is 0.529. The third-order valence-corrected chi connectivity index (χ3v) is 3.78. The van der Waals surface area contributed by atoms with Gasteiger partial charge in [0.1, 0.15) is 18.2 Å². The number of hydrogen-bond donors (Lipinski definition) is 3. The van der Waals surface area contributed by atoms with Crippen molar-refractivity contribution in [2.45, 2.75) is 51.1 Å². The first-order valence-electron chi connectivity index (χ1n) is 7.96. The maximum atomic E-state index is 11.5. The molecule has 25 heavy (non-hydrogen) atoms. The van der Waals surface area contributed by atoms with Crippen molar-refractivity contribution in [1.82, 2.24) is 5.32 Å². The maximum absolute atomic E-state index is 11.5. The van der Waals surface area contributed by atoms with Crippen molar-refractivity contribution in [3.63, 3.8) is 0 Å². The second-order valence-corrected chi connectivity index (χ2v) is 5.81. The van der Waals surface area contributed by atoms with E-state index < -0.39 is 49.1 Å². The van der Waals surface area contributed by atoms with Gasteiger partial charge in [0.2, 0.25) is 5.91 Å². The summed E-state index contributed by atoms with van der Waals surface area (Å²) in [5, 5.41) is 22.3. The van der Waals surface area contributed by atoms with Crippen LogP contribution in [-0.4, -0.2) is 59.3 Å². The molecule has 1 aromatic carbocycles. The Kier molecular flexibility index (Phi) is 6.89. The average Bonchev–Trinajstić information content (AvgIpc) is 2.57. The summed E-state index contributed by atoms with van der Waals surface area (Å²) in [5.74, 6) is -1.02. The zero-order valence-electron chi connectivity index (χ0n) is 14.1. The number of amides is 1. The highest BCUT2D eigenvalue weighted by atomic mass is 16.7. The zero-order valence-corrected chi connectivity index (χ0v) is 14.1. The number of carbonyl (C=O) groups excluding carboxylic acids is 2. The first-order chi connectivity index (χ1) is 11.9. The Morgan fingerprint density at radius 1 is 1.24 bits per heavy atom. The van der Waals surface area contributed by atoms with Crippen molar-refractivity contribution in [3.05, 3.63) is 35.9 Å². The Balaban J connectivity index is 2.19. The molecular formula is C17H23NO7. The molecule has 0 radical (unpaired) electrons. The van der Waals surface area contributed by atoms with Crippen LogP contribution in [0.5, 0.6) is 0 Å². The molecule has 0 saturated carbocycles. The number of rotatable bonds is 6. The summed E-state index contributed by atoms with van der Waals surface area (Å²) >= 11 is 0. The van der Waals surface area contributed by atoms with Gasteiger partial charge in [0.05, 0.1) is 13.2 Å². The molecule has 1 saturated heterocycles. The quantitative estimate of drug-likeness (QED) is 0.603. The largest absolute Gasteiger partial charge is 0.457 e. The minimum Gasteiger partial charge on any atom is -0.457 e. The summed E-state index contributed by atoms with van der Waals surface area (Å²) in [6, 6.07) is 8.38. The van der Waals surface area contributed by atoms with E-state index in [0.29, 0.717) is 0 Å². The molecule has 138 valence electrons. The van der Waals surface area contributed by atoms with Crippen molar-refractivity contribution in [2.24, 2.45) is 0 Å². The Hall–Kier alpha value is -2.00. The van der Waals surface area contributed by atoms with Gasteiger partial charge < -0.3 is 29.7 Å². The van der Waals surface area contributed by atoms with Gasteiger partial charge in [-0.15, -0.1) is 0 Å².